The Labute approximate surface area is 165 Å². The number of phenols is 1. The van der Waals surface area contributed by atoms with Gasteiger partial charge in [-0.3, -0.25) is 0 Å². The van der Waals surface area contributed by atoms with Gasteiger partial charge in [0.15, 0.2) is 0 Å². The van der Waals surface area contributed by atoms with E-state index in [1.807, 2.05) is 20.4 Å². The predicted octanol–water partition coefficient (Wildman–Crippen LogP) is 4.41. The third-order valence-electron chi connectivity index (χ3n) is 3.40. The summed E-state index contributed by atoms with van der Waals surface area (Å²) in [6.45, 7) is 1.81. The van der Waals surface area contributed by atoms with Crippen molar-refractivity contribution in [3.63, 3.8) is 0 Å². The highest BCUT2D eigenvalue weighted by molar-refractivity contribution is 7.98. The molecule has 1 fully saturated rings. The summed E-state index contributed by atoms with van der Waals surface area (Å²) in [5, 5.41) is 18.5. The van der Waals surface area contributed by atoms with E-state index in [4.69, 9.17) is 11.6 Å². The van der Waals surface area contributed by atoms with E-state index in [1.165, 1.54) is 35.4 Å². The third-order valence-corrected chi connectivity index (χ3v) is 4.97. The lowest BCUT2D eigenvalue weighted by atomic mass is 10.3. The number of hydrogen-bond acceptors (Lipinski definition) is 8. The standard InChI is InChI=1S/C9H7ClN4OS2.C6H12N2O/c1-16-9-11-8(17-14-9)13-12-5-2-3-7(15)6(10)4-5;1-7-4-3-5-8(2)6(7)9/h2-4,15H,1H3;3-5H2,1-2H3. The van der Waals surface area contributed by atoms with Crippen molar-refractivity contribution in [3.8, 4) is 5.75 Å². The quantitative estimate of drug-likeness (QED) is 0.593. The monoisotopic (exact) mass is 414 g/mol. The topological polar surface area (TPSA) is 94.3 Å². The second-order valence-electron chi connectivity index (χ2n) is 5.38. The van der Waals surface area contributed by atoms with Crippen LogP contribution in [-0.2, 0) is 0 Å². The zero-order valence-electron chi connectivity index (χ0n) is 14.6. The van der Waals surface area contributed by atoms with E-state index < -0.39 is 0 Å². The van der Waals surface area contributed by atoms with Gasteiger partial charge in [0.2, 0.25) is 10.3 Å². The molecule has 2 aromatic rings. The van der Waals surface area contributed by atoms with Gasteiger partial charge in [-0.25, -0.2) is 4.79 Å². The van der Waals surface area contributed by atoms with Crippen LogP contribution in [0.25, 0.3) is 0 Å². The molecule has 1 saturated heterocycles. The lowest BCUT2D eigenvalue weighted by Crippen LogP contribution is -2.44. The summed E-state index contributed by atoms with van der Waals surface area (Å²) in [5.41, 5.74) is 0.550. The van der Waals surface area contributed by atoms with Crippen LogP contribution < -0.4 is 0 Å². The average Bonchev–Trinajstić information content (AvgIpc) is 3.09. The maximum Gasteiger partial charge on any atom is 0.319 e. The van der Waals surface area contributed by atoms with Crippen LogP contribution in [0.15, 0.2) is 33.6 Å². The summed E-state index contributed by atoms with van der Waals surface area (Å²) in [6, 6.07) is 4.74. The number of urea groups is 1. The fraction of sp³-hybridized carbons (Fsp3) is 0.400. The first-order valence-corrected chi connectivity index (χ1v) is 10.0. The van der Waals surface area contributed by atoms with Crippen LogP contribution in [0.2, 0.25) is 5.02 Å². The van der Waals surface area contributed by atoms with Crippen LogP contribution >= 0.6 is 34.9 Å². The Kier molecular flexibility index (Phi) is 7.61. The molecule has 26 heavy (non-hydrogen) atoms. The number of phenolic OH excluding ortho intramolecular Hbond substituents is 1. The van der Waals surface area contributed by atoms with Gasteiger partial charge in [-0.15, -0.1) is 10.2 Å². The molecular formula is C15H19ClN6O2S2. The number of hydrogen-bond donors (Lipinski definition) is 1. The molecule has 0 atom stereocenters. The summed E-state index contributed by atoms with van der Waals surface area (Å²) < 4.78 is 4.05. The minimum atomic E-state index is 0.0196. The molecule has 1 aromatic heterocycles. The van der Waals surface area contributed by atoms with E-state index in [1.54, 1.807) is 15.9 Å². The maximum atomic E-state index is 11.0. The van der Waals surface area contributed by atoms with Gasteiger partial charge >= 0.3 is 6.03 Å². The Morgan fingerprint density at radius 1 is 1.27 bits per heavy atom. The van der Waals surface area contributed by atoms with Crippen molar-refractivity contribution in [1.29, 1.82) is 0 Å². The highest BCUT2D eigenvalue weighted by Crippen LogP contribution is 2.29. The largest absolute Gasteiger partial charge is 0.506 e. The van der Waals surface area contributed by atoms with Gasteiger partial charge in [0.1, 0.15) is 5.75 Å². The number of azo groups is 1. The average molecular weight is 415 g/mol. The molecule has 0 aliphatic carbocycles. The van der Waals surface area contributed by atoms with Crippen LogP contribution in [0.3, 0.4) is 0 Å². The van der Waals surface area contributed by atoms with E-state index >= 15 is 0 Å². The van der Waals surface area contributed by atoms with Crippen molar-refractivity contribution in [2.75, 3.05) is 33.4 Å². The van der Waals surface area contributed by atoms with Crippen LogP contribution in [0, 0.1) is 0 Å². The van der Waals surface area contributed by atoms with Gasteiger partial charge in [0.25, 0.3) is 0 Å². The molecule has 8 nitrogen and oxygen atoms in total. The molecule has 140 valence electrons. The van der Waals surface area contributed by atoms with E-state index in [2.05, 4.69) is 19.6 Å². The van der Waals surface area contributed by atoms with Crippen molar-refractivity contribution in [2.45, 2.75) is 11.6 Å². The number of nitrogens with zero attached hydrogens (tertiary/aromatic N) is 6. The van der Waals surface area contributed by atoms with Crippen LogP contribution in [-0.4, -0.2) is 63.7 Å². The molecule has 0 unspecified atom stereocenters. The van der Waals surface area contributed by atoms with Gasteiger partial charge < -0.3 is 14.9 Å². The second-order valence-corrected chi connectivity index (χ2v) is 7.29. The molecule has 2 amide bonds. The molecule has 3 rings (SSSR count). The SMILES string of the molecule is CN1CCCN(C)C1=O.CSc1nsc(N=Nc2ccc(O)c(Cl)c2)n1. The summed E-state index contributed by atoms with van der Waals surface area (Å²) in [6.07, 6.45) is 2.99. The zero-order valence-corrected chi connectivity index (χ0v) is 17.0. The van der Waals surface area contributed by atoms with E-state index in [0.717, 1.165) is 19.5 Å². The molecule has 1 aliphatic rings. The Balaban J connectivity index is 0.000000228. The number of aromatic nitrogens is 2. The number of thioether (sulfide) groups is 1. The molecule has 1 N–H and O–H groups in total. The minimum Gasteiger partial charge on any atom is -0.506 e. The molecule has 11 heteroatoms. The summed E-state index contributed by atoms with van der Waals surface area (Å²) >= 11 is 8.37. The van der Waals surface area contributed by atoms with Gasteiger partial charge in [0, 0.05) is 38.7 Å². The Hall–Kier alpha value is -1.91. The van der Waals surface area contributed by atoms with Gasteiger partial charge in [0.05, 0.1) is 10.7 Å². The number of halogens is 1. The number of amides is 2. The van der Waals surface area contributed by atoms with Crippen molar-refractivity contribution < 1.29 is 9.90 Å². The summed E-state index contributed by atoms with van der Waals surface area (Å²) in [5.74, 6) is 0.0196. The van der Waals surface area contributed by atoms with E-state index in [9.17, 15) is 9.90 Å². The number of carbonyl (C=O) groups excluding carboxylic acids is 1. The van der Waals surface area contributed by atoms with Gasteiger partial charge in [-0.05, 0) is 30.9 Å². The van der Waals surface area contributed by atoms with Crippen molar-refractivity contribution in [1.82, 2.24) is 19.2 Å². The summed E-state index contributed by atoms with van der Waals surface area (Å²) in [4.78, 5) is 18.6. The van der Waals surface area contributed by atoms with E-state index in [0.29, 0.717) is 16.0 Å². The Morgan fingerprint density at radius 2 is 1.96 bits per heavy atom. The first-order chi connectivity index (χ1) is 12.4. The van der Waals surface area contributed by atoms with Crippen LogP contribution in [0.5, 0.6) is 5.75 Å². The smallest absolute Gasteiger partial charge is 0.319 e. The second kappa shape index (κ2) is 9.70. The first-order valence-electron chi connectivity index (χ1n) is 7.65. The van der Waals surface area contributed by atoms with Crippen LogP contribution in [0.1, 0.15) is 6.42 Å². The number of aromatic hydroxyl groups is 1. The Morgan fingerprint density at radius 3 is 2.50 bits per heavy atom. The van der Waals surface area contributed by atoms with Crippen molar-refractivity contribution in [2.24, 2.45) is 10.2 Å². The molecule has 1 aromatic carbocycles. The predicted molar refractivity (Wildman–Crippen MR) is 104 cm³/mol. The fourth-order valence-electron chi connectivity index (χ4n) is 2.01. The summed E-state index contributed by atoms with van der Waals surface area (Å²) in [7, 11) is 3.66. The van der Waals surface area contributed by atoms with E-state index in [-0.39, 0.29) is 16.8 Å². The zero-order chi connectivity index (χ0) is 19.1. The fourth-order valence-corrected chi connectivity index (χ4v) is 3.24. The molecule has 0 spiro atoms. The third kappa shape index (κ3) is 5.82. The van der Waals surface area contributed by atoms with Gasteiger partial charge in [-0.1, -0.05) is 23.4 Å². The van der Waals surface area contributed by atoms with Crippen molar-refractivity contribution in [3.05, 3.63) is 23.2 Å². The minimum absolute atomic E-state index is 0.0196. The lowest BCUT2D eigenvalue weighted by Gasteiger charge is -2.30. The number of carbonyl (C=O) groups is 1. The normalized spacial score (nSPS) is 14.5. The molecular weight excluding hydrogens is 396 g/mol. The molecule has 0 radical (unpaired) electrons. The van der Waals surface area contributed by atoms with Gasteiger partial charge in [-0.2, -0.15) is 9.36 Å². The van der Waals surface area contributed by atoms with Crippen LogP contribution in [0.4, 0.5) is 15.6 Å². The first kappa shape index (κ1) is 20.4. The molecule has 0 bridgehead atoms. The van der Waals surface area contributed by atoms with Crippen molar-refractivity contribution >= 4 is 51.7 Å². The molecule has 0 saturated carbocycles. The number of benzene rings is 1. The Bertz CT molecular complexity index is 773. The molecule has 2 heterocycles. The highest BCUT2D eigenvalue weighted by Gasteiger charge is 2.17. The highest BCUT2D eigenvalue weighted by atomic mass is 35.5. The maximum absolute atomic E-state index is 11.0. The molecule has 1 aliphatic heterocycles. The lowest BCUT2D eigenvalue weighted by molar-refractivity contribution is 0.153. The number of rotatable bonds is 3.